The Kier molecular flexibility index (Phi) is 6.28. The highest BCUT2D eigenvalue weighted by Crippen LogP contribution is 2.38. The first-order valence-corrected chi connectivity index (χ1v) is 11.9. The zero-order chi connectivity index (χ0) is 25.2. The molecule has 1 fully saturated rings. The highest BCUT2D eigenvalue weighted by atomic mass is 16.5. The van der Waals surface area contributed by atoms with Crippen LogP contribution in [-0.2, 0) is 0 Å². The summed E-state index contributed by atoms with van der Waals surface area (Å²) >= 11 is 0. The molecule has 1 aliphatic heterocycles. The molecule has 1 amide bonds. The summed E-state index contributed by atoms with van der Waals surface area (Å²) in [5, 5.41) is 14.6. The van der Waals surface area contributed by atoms with E-state index in [1.807, 2.05) is 56.3 Å². The maximum Gasteiger partial charge on any atom is 0.407 e. The summed E-state index contributed by atoms with van der Waals surface area (Å²) in [5.41, 5.74) is 9.19. The number of ether oxygens (including phenoxy) is 1. The highest BCUT2D eigenvalue weighted by Gasteiger charge is 2.28. The minimum absolute atomic E-state index is 0.0755. The predicted octanol–water partition coefficient (Wildman–Crippen LogP) is 5.18. The van der Waals surface area contributed by atoms with Crippen molar-refractivity contribution in [1.82, 2.24) is 19.9 Å². The van der Waals surface area contributed by atoms with Crippen molar-refractivity contribution in [3.8, 4) is 22.9 Å². The molecule has 1 unspecified atom stereocenters. The van der Waals surface area contributed by atoms with Crippen LogP contribution in [0, 0.1) is 12.8 Å². The van der Waals surface area contributed by atoms with E-state index in [-0.39, 0.29) is 12.0 Å². The predicted molar refractivity (Wildman–Crippen MR) is 139 cm³/mol. The molecule has 4 aromatic rings. The van der Waals surface area contributed by atoms with E-state index in [0.717, 1.165) is 22.8 Å². The molecule has 184 valence electrons. The molecule has 3 heterocycles. The first-order valence-electron chi connectivity index (χ1n) is 11.9. The summed E-state index contributed by atoms with van der Waals surface area (Å²) < 4.78 is 6.39. The number of rotatable bonds is 5. The number of aromatic nitrogens is 3. The first kappa shape index (κ1) is 23.3. The Balaban J connectivity index is 1.45. The smallest absolute Gasteiger partial charge is 0.407 e. The molecular weight excluding hydrogens is 456 g/mol. The van der Waals surface area contributed by atoms with E-state index in [1.165, 1.54) is 4.90 Å². The van der Waals surface area contributed by atoms with Gasteiger partial charge in [0.2, 0.25) is 11.8 Å². The molecule has 36 heavy (non-hydrogen) atoms. The molecule has 9 nitrogen and oxygen atoms in total. The Morgan fingerprint density at radius 2 is 1.94 bits per heavy atom. The minimum Gasteiger partial charge on any atom is -0.465 e. The van der Waals surface area contributed by atoms with Crippen LogP contribution in [-0.4, -0.2) is 50.2 Å². The van der Waals surface area contributed by atoms with Crippen LogP contribution in [0.5, 0.6) is 11.6 Å². The Hall–Kier alpha value is -4.40. The van der Waals surface area contributed by atoms with E-state index < -0.39 is 6.09 Å². The number of likely N-dealkylation sites (tertiary alicyclic amines) is 1. The number of fused-ring (bicyclic) bond motifs is 1. The van der Waals surface area contributed by atoms with Crippen molar-refractivity contribution < 1.29 is 14.6 Å². The Morgan fingerprint density at radius 1 is 1.08 bits per heavy atom. The number of aryl methyl sites for hydroxylation is 1. The van der Waals surface area contributed by atoms with Crippen molar-refractivity contribution >= 4 is 28.5 Å². The molecule has 9 heteroatoms. The molecule has 2 aromatic carbocycles. The number of pyridine rings is 1. The van der Waals surface area contributed by atoms with E-state index in [4.69, 9.17) is 15.5 Å². The van der Waals surface area contributed by atoms with Crippen LogP contribution < -0.4 is 15.8 Å². The summed E-state index contributed by atoms with van der Waals surface area (Å²) in [6.45, 7) is 4.95. The standard InChI is InChI=1S/C27H28N6O3/c1-16-13-18(15-33(14-16)27(34)35)31-26-30-12-10-23(32-26)21-6-4-11-29-25(21)36-24-17(2)8-9-19-20(24)5-3-7-22(19)28/h3-12,16,18H,13-15,28H2,1-2H3,(H,34,35)(H,30,31,32)/t16-,18?/m1/s1. The molecule has 0 radical (unpaired) electrons. The molecule has 1 aliphatic rings. The van der Waals surface area contributed by atoms with Gasteiger partial charge in [0.1, 0.15) is 5.75 Å². The summed E-state index contributed by atoms with van der Waals surface area (Å²) in [6.07, 6.45) is 3.28. The van der Waals surface area contributed by atoms with Crippen molar-refractivity contribution in [3.63, 3.8) is 0 Å². The van der Waals surface area contributed by atoms with Crippen molar-refractivity contribution in [3.05, 3.63) is 66.5 Å². The van der Waals surface area contributed by atoms with Crippen LogP contribution in [0.3, 0.4) is 0 Å². The lowest BCUT2D eigenvalue weighted by Gasteiger charge is -2.35. The number of hydrogen-bond donors (Lipinski definition) is 3. The quantitative estimate of drug-likeness (QED) is 0.331. The number of benzene rings is 2. The molecule has 5 rings (SSSR count). The van der Waals surface area contributed by atoms with E-state index >= 15 is 0 Å². The number of amides is 1. The molecule has 0 saturated carbocycles. The minimum atomic E-state index is -0.911. The molecule has 1 saturated heterocycles. The average Bonchev–Trinajstić information content (AvgIpc) is 2.86. The van der Waals surface area contributed by atoms with Crippen molar-refractivity contribution in [2.24, 2.45) is 5.92 Å². The largest absolute Gasteiger partial charge is 0.465 e. The Labute approximate surface area is 209 Å². The summed E-state index contributed by atoms with van der Waals surface area (Å²) in [6, 6.07) is 15.2. The lowest BCUT2D eigenvalue weighted by Crippen LogP contribution is -2.47. The fraction of sp³-hybridized carbons (Fsp3) is 0.259. The van der Waals surface area contributed by atoms with E-state index in [9.17, 15) is 9.90 Å². The number of nitrogens with two attached hydrogens (primary N) is 1. The van der Waals surface area contributed by atoms with Gasteiger partial charge in [0.05, 0.1) is 11.3 Å². The normalized spacial score (nSPS) is 17.7. The number of nitrogens with one attached hydrogen (secondary N) is 1. The van der Waals surface area contributed by atoms with Crippen molar-refractivity contribution in [2.45, 2.75) is 26.3 Å². The number of nitrogens with zero attached hydrogens (tertiary/aromatic N) is 4. The van der Waals surface area contributed by atoms with Crippen LogP contribution in [0.2, 0.25) is 0 Å². The fourth-order valence-electron chi connectivity index (χ4n) is 4.74. The highest BCUT2D eigenvalue weighted by molar-refractivity contribution is 5.97. The zero-order valence-electron chi connectivity index (χ0n) is 20.2. The van der Waals surface area contributed by atoms with E-state index in [1.54, 1.807) is 18.5 Å². The van der Waals surface area contributed by atoms with Gasteiger partial charge >= 0.3 is 6.09 Å². The zero-order valence-corrected chi connectivity index (χ0v) is 20.2. The van der Waals surface area contributed by atoms with Crippen molar-refractivity contribution in [1.29, 1.82) is 0 Å². The van der Waals surface area contributed by atoms with Gasteiger partial charge in [-0.25, -0.2) is 19.7 Å². The van der Waals surface area contributed by atoms with Crippen LogP contribution in [0.15, 0.2) is 60.9 Å². The number of carbonyl (C=O) groups is 1. The van der Waals surface area contributed by atoms with Crippen LogP contribution >= 0.6 is 0 Å². The Bertz CT molecular complexity index is 1430. The third kappa shape index (κ3) is 4.72. The third-order valence-electron chi connectivity index (χ3n) is 6.41. The monoisotopic (exact) mass is 484 g/mol. The average molecular weight is 485 g/mol. The van der Waals surface area contributed by atoms with Gasteiger partial charge in [-0.1, -0.05) is 31.2 Å². The number of hydrogen-bond acceptors (Lipinski definition) is 7. The van der Waals surface area contributed by atoms with Crippen molar-refractivity contribution in [2.75, 3.05) is 24.1 Å². The molecule has 2 aromatic heterocycles. The van der Waals surface area contributed by atoms with E-state index in [2.05, 4.69) is 15.3 Å². The number of nitrogen functional groups attached to an aromatic ring is 1. The molecular formula is C27H28N6O3. The molecule has 0 aliphatic carbocycles. The number of piperidine rings is 1. The van der Waals surface area contributed by atoms with Crippen LogP contribution in [0.1, 0.15) is 18.9 Å². The van der Waals surface area contributed by atoms with Gasteiger partial charge in [-0.05, 0) is 49.1 Å². The molecule has 2 atom stereocenters. The molecule has 0 spiro atoms. The van der Waals surface area contributed by atoms with Gasteiger partial charge < -0.3 is 25.8 Å². The van der Waals surface area contributed by atoms with Gasteiger partial charge in [-0.2, -0.15) is 0 Å². The van der Waals surface area contributed by atoms with Gasteiger partial charge in [0.15, 0.2) is 0 Å². The van der Waals surface area contributed by atoms with Gasteiger partial charge in [0, 0.05) is 48.0 Å². The summed E-state index contributed by atoms with van der Waals surface area (Å²) in [4.78, 5) is 26.5. The lowest BCUT2D eigenvalue weighted by atomic mass is 9.96. The van der Waals surface area contributed by atoms with Crippen LogP contribution in [0.4, 0.5) is 16.4 Å². The van der Waals surface area contributed by atoms with Gasteiger partial charge in [-0.15, -0.1) is 0 Å². The topological polar surface area (TPSA) is 126 Å². The maximum atomic E-state index is 11.5. The Morgan fingerprint density at radius 3 is 2.78 bits per heavy atom. The molecule has 0 bridgehead atoms. The second-order valence-electron chi connectivity index (χ2n) is 9.25. The fourth-order valence-corrected chi connectivity index (χ4v) is 4.74. The second kappa shape index (κ2) is 9.69. The van der Waals surface area contributed by atoms with Crippen LogP contribution in [0.25, 0.3) is 22.0 Å². The van der Waals surface area contributed by atoms with Gasteiger partial charge in [0.25, 0.3) is 0 Å². The van der Waals surface area contributed by atoms with Gasteiger partial charge in [-0.3, -0.25) is 0 Å². The third-order valence-corrected chi connectivity index (χ3v) is 6.41. The summed E-state index contributed by atoms with van der Waals surface area (Å²) in [7, 11) is 0. The molecule has 4 N–H and O–H groups in total. The SMILES string of the molecule is Cc1ccc2c(N)cccc2c1Oc1ncccc1-c1ccnc(NC2C[C@@H](C)CN(C(=O)O)C2)n1. The summed E-state index contributed by atoms with van der Waals surface area (Å²) in [5.74, 6) is 1.79. The number of carboxylic acid groups (broad SMARTS) is 1. The number of anilines is 2. The lowest BCUT2D eigenvalue weighted by molar-refractivity contribution is 0.119. The second-order valence-corrected chi connectivity index (χ2v) is 9.25. The first-order chi connectivity index (χ1) is 17.4. The van der Waals surface area contributed by atoms with E-state index in [0.29, 0.717) is 47.6 Å². The maximum absolute atomic E-state index is 11.5.